The van der Waals surface area contributed by atoms with E-state index in [1.807, 2.05) is 36.4 Å². The van der Waals surface area contributed by atoms with Crippen LogP contribution in [-0.2, 0) is 0 Å². The van der Waals surface area contributed by atoms with Gasteiger partial charge in [0.2, 0.25) is 0 Å². The second-order valence-corrected chi connectivity index (χ2v) is 14.0. The van der Waals surface area contributed by atoms with Crippen LogP contribution in [0.2, 0.25) is 0 Å². The van der Waals surface area contributed by atoms with E-state index in [2.05, 4.69) is 152 Å². The van der Waals surface area contributed by atoms with Gasteiger partial charge in [0.15, 0.2) is 5.82 Å². The molecule has 0 radical (unpaired) electrons. The first kappa shape index (κ1) is 31.1. The number of nitrogens with zero attached hydrogens (tertiary/aromatic N) is 3. The van der Waals surface area contributed by atoms with Crippen LogP contribution in [0.25, 0.3) is 111 Å². The largest absolute Gasteiger partial charge is 0.455 e. The standard InChI is InChI=1S/C51H31N3O/c1-3-13-32(14-4-1)33-23-25-35(26-24-33)45-31-44(34-15-5-2-6-16-34)53-51(54-45)37-27-28-41-46(30-37)52-49(48-42-21-11-12-22-47(42)55-50(41)48)43-29-36-17-7-8-18-38(36)39-19-9-10-20-40(39)43/h1-31H. The molecule has 0 bridgehead atoms. The summed E-state index contributed by atoms with van der Waals surface area (Å²) in [5.74, 6) is 0.634. The van der Waals surface area contributed by atoms with Gasteiger partial charge in [-0.15, -0.1) is 0 Å². The van der Waals surface area contributed by atoms with E-state index in [9.17, 15) is 0 Å². The summed E-state index contributed by atoms with van der Waals surface area (Å²) in [5.41, 5.74) is 11.4. The number of benzene rings is 8. The van der Waals surface area contributed by atoms with Crippen LogP contribution in [0, 0.1) is 0 Å². The number of furan rings is 1. The number of hydrogen-bond acceptors (Lipinski definition) is 4. The first-order valence-electron chi connectivity index (χ1n) is 18.5. The van der Waals surface area contributed by atoms with Gasteiger partial charge in [-0.05, 0) is 63.0 Å². The Morgan fingerprint density at radius 1 is 0.364 bits per heavy atom. The Hall–Kier alpha value is -7.43. The molecule has 55 heavy (non-hydrogen) atoms. The lowest BCUT2D eigenvalue weighted by molar-refractivity contribution is 0.672. The molecule has 0 N–H and O–H groups in total. The fourth-order valence-corrected chi connectivity index (χ4v) is 7.99. The van der Waals surface area contributed by atoms with E-state index in [-0.39, 0.29) is 0 Å². The molecule has 0 amide bonds. The van der Waals surface area contributed by atoms with Gasteiger partial charge in [0.25, 0.3) is 0 Å². The van der Waals surface area contributed by atoms with Gasteiger partial charge in [-0.1, -0.05) is 158 Å². The lowest BCUT2D eigenvalue weighted by atomic mass is 9.93. The monoisotopic (exact) mass is 701 g/mol. The van der Waals surface area contributed by atoms with Crippen LogP contribution in [0.15, 0.2) is 192 Å². The predicted molar refractivity (Wildman–Crippen MR) is 227 cm³/mol. The topological polar surface area (TPSA) is 51.8 Å². The first-order valence-corrected chi connectivity index (χ1v) is 18.5. The van der Waals surface area contributed by atoms with Crippen molar-refractivity contribution < 1.29 is 4.42 Å². The molecule has 11 rings (SSSR count). The molecule has 0 unspecified atom stereocenters. The number of fused-ring (bicyclic) bond motifs is 8. The Morgan fingerprint density at radius 2 is 0.927 bits per heavy atom. The molecule has 0 aliphatic carbocycles. The summed E-state index contributed by atoms with van der Waals surface area (Å²) in [5, 5.41) is 7.74. The van der Waals surface area contributed by atoms with Gasteiger partial charge >= 0.3 is 0 Å². The molecule has 3 aromatic heterocycles. The first-order chi connectivity index (χ1) is 27.2. The third-order valence-electron chi connectivity index (χ3n) is 10.7. The van der Waals surface area contributed by atoms with Gasteiger partial charge < -0.3 is 4.42 Å². The number of para-hydroxylation sites is 1. The van der Waals surface area contributed by atoms with Gasteiger partial charge in [-0.3, -0.25) is 0 Å². The van der Waals surface area contributed by atoms with Crippen molar-refractivity contribution in [2.45, 2.75) is 0 Å². The lowest BCUT2D eigenvalue weighted by Crippen LogP contribution is -1.97. The van der Waals surface area contributed by atoms with E-state index < -0.39 is 0 Å². The predicted octanol–water partition coefficient (Wildman–Crippen LogP) is 13.6. The van der Waals surface area contributed by atoms with Crippen molar-refractivity contribution in [1.29, 1.82) is 0 Å². The minimum atomic E-state index is 0.634. The number of aromatic nitrogens is 3. The van der Waals surface area contributed by atoms with Gasteiger partial charge in [0.05, 0.1) is 28.0 Å². The highest BCUT2D eigenvalue weighted by Gasteiger charge is 2.21. The smallest absolute Gasteiger partial charge is 0.160 e. The minimum absolute atomic E-state index is 0.634. The van der Waals surface area contributed by atoms with Crippen LogP contribution in [0.4, 0.5) is 0 Å². The van der Waals surface area contributed by atoms with Crippen molar-refractivity contribution in [1.82, 2.24) is 15.0 Å². The van der Waals surface area contributed by atoms with Crippen LogP contribution in [0.3, 0.4) is 0 Å². The molecule has 0 fully saturated rings. The molecule has 0 spiro atoms. The lowest BCUT2D eigenvalue weighted by Gasteiger charge is -2.13. The van der Waals surface area contributed by atoms with Gasteiger partial charge in [0.1, 0.15) is 11.2 Å². The van der Waals surface area contributed by atoms with E-state index in [1.54, 1.807) is 0 Å². The third kappa shape index (κ3) is 5.26. The molecule has 0 aliphatic heterocycles. The van der Waals surface area contributed by atoms with E-state index in [0.717, 1.165) is 83.1 Å². The molecule has 8 aromatic carbocycles. The molecule has 4 nitrogen and oxygen atoms in total. The van der Waals surface area contributed by atoms with Crippen LogP contribution in [0.1, 0.15) is 0 Å². The molecule has 0 atom stereocenters. The maximum Gasteiger partial charge on any atom is 0.160 e. The molecule has 11 aromatic rings. The Balaban J connectivity index is 1.14. The molecular formula is C51H31N3O. The number of hydrogen-bond donors (Lipinski definition) is 0. The summed E-state index contributed by atoms with van der Waals surface area (Å²) in [6.45, 7) is 0. The molecule has 0 aliphatic rings. The highest BCUT2D eigenvalue weighted by atomic mass is 16.3. The fourth-order valence-electron chi connectivity index (χ4n) is 7.99. The summed E-state index contributed by atoms with van der Waals surface area (Å²) in [6, 6.07) is 65.4. The minimum Gasteiger partial charge on any atom is -0.455 e. The van der Waals surface area contributed by atoms with Crippen molar-refractivity contribution >= 4 is 54.4 Å². The average Bonchev–Trinajstić information content (AvgIpc) is 3.66. The number of rotatable bonds is 5. The summed E-state index contributed by atoms with van der Waals surface area (Å²) >= 11 is 0. The van der Waals surface area contributed by atoms with Crippen molar-refractivity contribution in [3.05, 3.63) is 188 Å². The van der Waals surface area contributed by atoms with E-state index >= 15 is 0 Å². The fraction of sp³-hybridized carbons (Fsp3) is 0. The highest BCUT2D eigenvalue weighted by molar-refractivity contribution is 6.23. The van der Waals surface area contributed by atoms with E-state index in [1.165, 1.54) is 21.7 Å². The second kappa shape index (κ2) is 12.6. The Kier molecular flexibility index (Phi) is 7.14. The quantitative estimate of drug-likeness (QED) is 0.168. The van der Waals surface area contributed by atoms with Crippen molar-refractivity contribution in [3.8, 4) is 56.3 Å². The average molecular weight is 702 g/mol. The van der Waals surface area contributed by atoms with Gasteiger partial charge in [-0.25, -0.2) is 15.0 Å². The van der Waals surface area contributed by atoms with Crippen molar-refractivity contribution in [2.24, 2.45) is 0 Å². The SMILES string of the molecule is c1ccc(-c2ccc(-c3cc(-c4ccccc4)nc(-c4ccc5c(c4)nc(-c4cc6ccccc6c6ccccc46)c4c6ccccc6oc54)n3)cc2)cc1. The van der Waals surface area contributed by atoms with Crippen LogP contribution in [0.5, 0.6) is 0 Å². The molecule has 0 saturated carbocycles. The Labute approximate surface area is 317 Å². The summed E-state index contributed by atoms with van der Waals surface area (Å²) in [7, 11) is 0. The molecular weight excluding hydrogens is 671 g/mol. The molecule has 0 saturated heterocycles. The Morgan fingerprint density at radius 3 is 1.69 bits per heavy atom. The molecule has 256 valence electrons. The zero-order valence-corrected chi connectivity index (χ0v) is 29.6. The maximum absolute atomic E-state index is 6.70. The third-order valence-corrected chi connectivity index (χ3v) is 10.7. The number of pyridine rings is 1. The van der Waals surface area contributed by atoms with Crippen LogP contribution in [-0.4, -0.2) is 15.0 Å². The summed E-state index contributed by atoms with van der Waals surface area (Å²) in [6.07, 6.45) is 0. The van der Waals surface area contributed by atoms with E-state index in [0.29, 0.717) is 5.82 Å². The van der Waals surface area contributed by atoms with E-state index in [4.69, 9.17) is 19.4 Å². The van der Waals surface area contributed by atoms with Crippen LogP contribution < -0.4 is 0 Å². The normalized spacial score (nSPS) is 11.6. The van der Waals surface area contributed by atoms with Crippen molar-refractivity contribution in [2.75, 3.05) is 0 Å². The van der Waals surface area contributed by atoms with Gasteiger partial charge in [-0.2, -0.15) is 0 Å². The summed E-state index contributed by atoms with van der Waals surface area (Å²) < 4.78 is 6.70. The molecule has 3 heterocycles. The van der Waals surface area contributed by atoms with Crippen molar-refractivity contribution in [3.63, 3.8) is 0 Å². The molecule has 4 heteroatoms. The maximum atomic E-state index is 6.70. The zero-order valence-electron chi connectivity index (χ0n) is 29.6. The van der Waals surface area contributed by atoms with Gasteiger partial charge in [0, 0.05) is 33.0 Å². The van der Waals surface area contributed by atoms with Crippen LogP contribution >= 0.6 is 0 Å². The summed E-state index contributed by atoms with van der Waals surface area (Å²) in [4.78, 5) is 15.9. The zero-order chi connectivity index (χ0) is 36.3. The second-order valence-electron chi connectivity index (χ2n) is 14.0. The highest BCUT2D eigenvalue weighted by Crippen LogP contribution is 2.43. The Bertz CT molecular complexity index is 3240.